The summed E-state index contributed by atoms with van der Waals surface area (Å²) >= 11 is 0. The molecule has 0 radical (unpaired) electrons. The Bertz CT molecular complexity index is 356. The molecule has 1 aliphatic heterocycles. The molecule has 1 fully saturated rings. The van der Waals surface area contributed by atoms with Gasteiger partial charge in [-0.3, -0.25) is 14.6 Å². The molecule has 19 heavy (non-hydrogen) atoms. The van der Waals surface area contributed by atoms with Crippen molar-refractivity contribution in [1.29, 1.82) is 0 Å². The number of nitrogens with two attached hydrogens (primary N) is 1. The van der Waals surface area contributed by atoms with E-state index in [1.54, 1.807) is 14.0 Å². The molecule has 2 atom stereocenters. The van der Waals surface area contributed by atoms with E-state index in [2.05, 4.69) is 20.9 Å². The van der Waals surface area contributed by atoms with Crippen LogP contribution >= 0.6 is 0 Å². The molecule has 0 bridgehead atoms. The summed E-state index contributed by atoms with van der Waals surface area (Å²) in [4.78, 5) is 27.1. The summed E-state index contributed by atoms with van der Waals surface area (Å²) in [7, 11) is 1.61. The van der Waals surface area contributed by atoms with Gasteiger partial charge in [-0.25, -0.2) is 0 Å². The summed E-state index contributed by atoms with van der Waals surface area (Å²) in [6, 6.07) is -0.614. The first-order valence-electron chi connectivity index (χ1n) is 6.61. The van der Waals surface area contributed by atoms with E-state index in [1.807, 2.05) is 0 Å². The Morgan fingerprint density at radius 2 is 2.32 bits per heavy atom. The van der Waals surface area contributed by atoms with Gasteiger partial charge in [0.15, 0.2) is 11.7 Å². The van der Waals surface area contributed by atoms with Gasteiger partial charge in [-0.05, 0) is 12.8 Å². The molecular weight excluding hydrogens is 246 g/mol. The van der Waals surface area contributed by atoms with Crippen molar-refractivity contribution in [3.63, 3.8) is 0 Å². The minimum absolute atomic E-state index is 0.0629. The summed E-state index contributed by atoms with van der Waals surface area (Å²) < 4.78 is 0. The van der Waals surface area contributed by atoms with Crippen molar-refractivity contribution in [3.05, 3.63) is 0 Å². The molecule has 1 aliphatic rings. The molecular formula is C12H23N5O2. The Morgan fingerprint density at radius 3 is 2.89 bits per heavy atom. The molecule has 0 aromatic carbocycles. The van der Waals surface area contributed by atoms with Crippen molar-refractivity contribution in [2.24, 2.45) is 10.7 Å². The van der Waals surface area contributed by atoms with Crippen LogP contribution in [-0.4, -0.2) is 49.9 Å². The third-order valence-electron chi connectivity index (χ3n) is 3.16. The number of guanidine groups is 1. The van der Waals surface area contributed by atoms with E-state index in [1.165, 1.54) is 0 Å². The first kappa shape index (κ1) is 15.4. The van der Waals surface area contributed by atoms with Gasteiger partial charge >= 0.3 is 0 Å². The molecule has 1 amide bonds. The number of Topliss-reactive ketones (excluding diaryl/α,β-unsaturated/α-hetero) is 1. The smallest absolute Gasteiger partial charge is 0.237 e. The van der Waals surface area contributed by atoms with Gasteiger partial charge in [0.25, 0.3) is 0 Å². The average molecular weight is 269 g/mol. The number of piperazine rings is 1. The Labute approximate surface area is 113 Å². The topological polar surface area (TPSA) is 109 Å². The number of nitrogens with zero attached hydrogens (tertiary/aromatic N) is 1. The number of hydrogen-bond donors (Lipinski definition) is 4. The number of carbonyl (C=O) groups excluding carboxylic acids is 2. The maximum absolute atomic E-state index is 11.8. The fourth-order valence-electron chi connectivity index (χ4n) is 1.95. The number of hydrogen-bond acceptors (Lipinski definition) is 4. The van der Waals surface area contributed by atoms with Crippen molar-refractivity contribution >= 4 is 17.6 Å². The zero-order chi connectivity index (χ0) is 14.3. The van der Waals surface area contributed by atoms with Crippen molar-refractivity contribution in [2.75, 3.05) is 20.1 Å². The minimum Gasteiger partial charge on any atom is -0.370 e. The van der Waals surface area contributed by atoms with Crippen LogP contribution in [0.3, 0.4) is 0 Å². The van der Waals surface area contributed by atoms with Crippen molar-refractivity contribution in [3.8, 4) is 0 Å². The molecule has 0 aliphatic carbocycles. The summed E-state index contributed by atoms with van der Waals surface area (Å²) in [5.41, 5.74) is 5.49. The zero-order valence-electron chi connectivity index (χ0n) is 11.5. The van der Waals surface area contributed by atoms with Gasteiger partial charge in [0.2, 0.25) is 5.91 Å². The number of amides is 1. The van der Waals surface area contributed by atoms with Gasteiger partial charge in [0.05, 0.1) is 12.1 Å². The standard InChI is InChI=1S/C12H23N5O2/c1-3-10(18)9-7-16-8(11(19)17-9)5-4-6-15-12(13)14-2/h8-9,16H,3-7H2,1-2H3,(H,17,19)(H3,13,14,15). The second-order valence-corrected chi connectivity index (χ2v) is 4.52. The normalized spacial score (nSPS) is 23.9. The third-order valence-corrected chi connectivity index (χ3v) is 3.16. The lowest BCUT2D eigenvalue weighted by Crippen LogP contribution is -2.60. The molecule has 108 valence electrons. The van der Waals surface area contributed by atoms with Crippen LogP contribution in [0.2, 0.25) is 0 Å². The number of aliphatic imine (C=N–C) groups is 1. The van der Waals surface area contributed by atoms with E-state index in [-0.39, 0.29) is 23.8 Å². The Hall–Kier alpha value is -1.63. The first-order valence-corrected chi connectivity index (χ1v) is 6.61. The quantitative estimate of drug-likeness (QED) is 0.273. The van der Waals surface area contributed by atoms with E-state index >= 15 is 0 Å². The predicted octanol–water partition coefficient (Wildman–Crippen LogP) is -1.26. The number of nitrogens with one attached hydrogen (secondary N) is 3. The molecule has 0 aromatic heterocycles. The fourth-order valence-corrected chi connectivity index (χ4v) is 1.95. The lowest BCUT2D eigenvalue weighted by atomic mass is 10.0. The maximum Gasteiger partial charge on any atom is 0.237 e. The van der Waals surface area contributed by atoms with E-state index in [0.717, 1.165) is 6.42 Å². The predicted molar refractivity (Wildman–Crippen MR) is 73.8 cm³/mol. The average Bonchev–Trinajstić information content (AvgIpc) is 2.43. The molecule has 7 heteroatoms. The maximum atomic E-state index is 11.8. The van der Waals surface area contributed by atoms with Crippen LogP contribution in [-0.2, 0) is 9.59 Å². The summed E-state index contributed by atoms with van der Waals surface area (Å²) in [6.07, 6.45) is 1.94. The lowest BCUT2D eigenvalue weighted by molar-refractivity contribution is -0.131. The second-order valence-electron chi connectivity index (χ2n) is 4.52. The van der Waals surface area contributed by atoms with E-state index in [0.29, 0.717) is 31.9 Å². The number of ketones is 1. The molecule has 1 saturated heterocycles. The highest BCUT2D eigenvalue weighted by Crippen LogP contribution is 2.04. The second kappa shape index (κ2) is 7.73. The molecule has 0 saturated carbocycles. The van der Waals surface area contributed by atoms with Crippen LogP contribution in [0.25, 0.3) is 0 Å². The lowest BCUT2D eigenvalue weighted by Gasteiger charge is -2.29. The van der Waals surface area contributed by atoms with Crippen LogP contribution in [0, 0.1) is 0 Å². The van der Waals surface area contributed by atoms with Gasteiger partial charge in [-0.1, -0.05) is 6.92 Å². The highest BCUT2D eigenvalue weighted by atomic mass is 16.2. The van der Waals surface area contributed by atoms with Crippen molar-refractivity contribution in [2.45, 2.75) is 38.3 Å². The van der Waals surface area contributed by atoms with E-state index < -0.39 is 0 Å². The SMILES string of the molecule is CCC(=O)C1CNC(CCCNC(N)=NC)C(=O)N1. The molecule has 2 unspecified atom stereocenters. The monoisotopic (exact) mass is 269 g/mol. The molecule has 7 nitrogen and oxygen atoms in total. The molecule has 5 N–H and O–H groups in total. The Morgan fingerprint density at radius 1 is 1.58 bits per heavy atom. The third kappa shape index (κ3) is 4.86. The van der Waals surface area contributed by atoms with Crippen LogP contribution in [0.4, 0.5) is 0 Å². The minimum atomic E-state index is -0.380. The van der Waals surface area contributed by atoms with Crippen LogP contribution in [0.15, 0.2) is 4.99 Å². The molecule has 0 aromatic rings. The Balaban J connectivity index is 2.27. The van der Waals surface area contributed by atoms with E-state index in [9.17, 15) is 9.59 Å². The van der Waals surface area contributed by atoms with Gasteiger partial charge in [-0.15, -0.1) is 0 Å². The molecule has 1 rings (SSSR count). The highest BCUT2D eigenvalue weighted by Gasteiger charge is 2.29. The van der Waals surface area contributed by atoms with Crippen LogP contribution < -0.4 is 21.7 Å². The van der Waals surface area contributed by atoms with Gasteiger partial charge < -0.3 is 21.7 Å². The van der Waals surface area contributed by atoms with Gasteiger partial charge in [0.1, 0.15) is 0 Å². The summed E-state index contributed by atoms with van der Waals surface area (Å²) in [6.45, 7) is 2.98. The Kier molecular flexibility index (Phi) is 6.27. The summed E-state index contributed by atoms with van der Waals surface area (Å²) in [5, 5.41) is 8.81. The summed E-state index contributed by atoms with van der Waals surface area (Å²) in [5.74, 6) is 0.359. The van der Waals surface area contributed by atoms with E-state index in [4.69, 9.17) is 5.73 Å². The number of rotatable bonds is 6. The first-order chi connectivity index (χ1) is 9.08. The molecule has 1 heterocycles. The zero-order valence-corrected chi connectivity index (χ0v) is 11.5. The largest absolute Gasteiger partial charge is 0.370 e. The van der Waals surface area contributed by atoms with Crippen LogP contribution in [0.5, 0.6) is 0 Å². The molecule has 0 spiro atoms. The van der Waals surface area contributed by atoms with Gasteiger partial charge in [0, 0.05) is 26.6 Å². The fraction of sp³-hybridized carbons (Fsp3) is 0.750. The number of carbonyl (C=O) groups is 2. The van der Waals surface area contributed by atoms with Gasteiger partial charge in [-0.2, -0.15) is 0 Å². The van der Waals surface area contributed by atoms with Crippen LogP contribution in [0.1, 0.15) is 26.2 Å². The van der Waals surface area contributed by atoms with Crippen molar-refractivity contribution in [1.82, 2.24) is 16.0 Å². The highest BCUT2D eigenvalue weighted by molar-refractivity contribution is 5.92. The van der Waals surface area contributed by atoms with Crippen molar-refractivity contribution < 1.29 is 9.59 Å².